The van der Waals surface area contributed by atoms with Crippen LogP contribution in [0.2, 0.25) is 0 Å². The third-order valence-corrected chi connectivity index (χ3v) is 5.17. The van der Waals surface area contributed by atoms with Crippen molar-refractivity contribution in [3.05, 3.63) is 17.9 Å². The van der Waals surface area contributed by atoms with Crippen molar-refractivity contribution in [3.8, 4) is 11.5 Å². The fourth-order valence-corrected chi connectivity index (χ4v) is 3.77. The fraction of sp³-hybridized carbons (Fsp3) is 0.571. The maximum absolute atomic E-state index is 14.1. The predicted octanol–water partition coefficient (Wildman–Crippen LogP) is 1.69. The molecule has 1 aliphatic heterocycles. The van der Waals surface area contributed by atoms with Gasteiger partial charge in [0.25, 0.3) is 0 Å². The van der Waals surface area contributed by atoms with Gasteiger partial charge in [0.1, 0.15) is 10.7 Å². The summed E-state index contributed by atoms with van der Waals surface area (Å²) in [6.07, 6.45) is 1.47. The Hall–Kier alpha value is -1.38. The lowest BCUT2D eigenvalue weighted by molar-refractivity contribution is 0.0902. The van der Waals surface area contributed by atoms with E-state index >= 15 is 0 Å². The molecule has 22 heavy (non-hydrogen) atoms. The molecule has 0 aromatic heterocycles. The molecule has 1 aromatic rings. The lowest BCUT2D eigenvalue weighted by Crippen LogP contribution is -2.41. The minimum atomic E-state index is -4.03. The summed E-state index contributed by atoms with van der Waals surface area (Å²) in [5.41, 5.74) is 0. The monoisotopic (exact) mass is 333 g/mol. The molecular formula is C14H20FNO5S. The number of ether oxygens (including phenoxy) is 3. The van der Waals surface area contributed by atoms with Crippen LogP contribution in [0.1, 0.15) is 19.8 Å². The summed E-state index contributed by atoms with van der Waals surface area (Å²) in [5, 5.41) is 0. The molecule has 1 aromatic carbocycles. The molecule has 0 amide bonds. The van der Waals surface area contributed by atoms with Crippen LogP contribution in [-0.4, -0.2) is 41.4 Å². The molecule has 2 rings (SSSR count). The largest absolute Gasteiger partial charge is 0.493 e. The zero-order valence-electron chi connectivity index (χ0n) is 12.8. The van der Waals surface area contributed by atoms with Gasteiger partial charge in [-0.15, -0.1) is 0 Å². The van der Waals surface area contributed by atoms with Crippen molar-refractivity contribution in [1.82, 2.24) is 4.72 Å². The summed E-state index contributed by atoms with van der Waals surface area (Å²) in [5.74, 6) is -0.621. The molecule has 0 aliphatic carbocycles. The van der Waals surface area contributed by atoms with E-state index in [1.54, 1.807) is 6.92 Å². The summed E-state index contributed by atoms with van der Waals surface area (Å²) in [4.78, 5) is -0.477. The topological polar surface area (TPSA) is 73.9 Å². The van der Waals surface area contributed by atoms with Crippen molar-refractivity contribution in [2.75, 3.05) is 20.8 Å². The second kappa shape index (κ2) is 6.80. The molecule has 0 spiro atoms. The Bertz CT molecular complexity index is 628. The Morgan fingerprint density at radius 1 is 1.32 bits per heavy atom. The number of sulfonamides is 1. The van der Waals surface area contributed by atoms with E-state index in [0.717, 1.165) is 25.0 Å². The van der Waals surface area contributed by atoms with E-state index in [0.29, 0.717) is 6.61 Å². The van der Waals surface area contributed by atoms with Gasteiger partial charge in [0, 0.05) is 24.8 Å². The van der Waals surface area contributed by atoms with E-state index in [4.69, 9.17) is 14.2 Å². The molecule has 1 aliphatic rings. The first-order valence-electron chi connectivity index (χ1n) is 6.94. The number of hydrogen-bond acceptors (Lipinski definition) is 5. The average molecular weight is 333 g/mol. The Morgan fingerprint density at radius 3 is 2.50 bits per heavy atom. The van der Waals surface area contributed by atoms with E-state index in [9.17, 15) is 12.8 Å². The third kappa shape index (κ3) is 3.50. The molecule has 1 heterocycles. The van der Waals surface area contributed by atoms with Crippen LogP contribution in [0.3, 0.4) is 0 Å². The van der Waals surface area contributed by atoms with Gasteiger partial charge in [-0.25, -0.2) is 17.5 Å². The second-order valence-electron chi connectivity index (χ2n) is 5.10. The SMILES string of the molecule is COc1cc(F)c(S(=O)(=O)NC(C)C2CCCO2)cc1OC. The summed E-state index contributed by atoms with van der Waals surface area (Å²) in [6.45, 7) is 2.31. The highest BCUT2D eigenvalue weighted by molar-refractivity contribution is 7.89. The molecule has 8 heteroatoms. The summed E-state index contributed by atoms with van der Waals surface area (Å²) in [7, 11) is -1.32. The number of halogens is 1. The highest BCUT2D eigenvalue weighted by Gasteiger charge is 2.29. The van der Waals surface area contributed by atoms with Crippen LogP contribution < -0.4 is 14.2 Å². The minimum absolute atomic E-state index is 0.131. The third-order valence-electron chi connectivity index (χ3n) is 3.59. The second-order valence-corrected chi connectivity index (χ2v) is 6.78. The Morgan fingerprint density at radius 2 is 1.95 bits per heavy atom. The molecule has 2 unspecified atom stereocenters. The highest BCUT2D eigenvalue weighted by Crippen LogP contribution is 2.32. The molecule has 0 bridgehead atoms. The number of nitrogens with one attached hydrogen (secondary N) is 1. The van der Waals surface area contributed by atoms with E-state index in [-0.39, 0.29) is 17.6 Å². The zero-order valence-corrected chi connectivity index (χ0v) is 13.6. The molecule has 1 fully saturated rings. The predicted molar refractivity (Wildman–Crippen MR) is 78.3 cm³/mol. The number of hydrogen-bond donors (Lipinski definition) is 1. The van der Waals surface area contributed by atoms with Crippen LogP contribution in [0.15, 0.2) is 17.0 Å². The van der Waals surface area contributed by atoms with Gasteiger partial charge in [-0.05, 0) is 19.8 Å². The van der Waals surface area contributed by atoms with Crippen molar-refractivity contribution < 1.29 is 27.0 Å². The maximum atomic E-state index is 14.1. The smallest absolute Gasteiger partial charge is 0.243 e. The lowest BCUT2D eigenvalue weighted by Gasteiger charge is -2.20. The normalized spacial score (nSPS) is 19.9. The van der Waals surface area contributed by atoms with Crippen LogP contribution >= 0.6 is 0 Å². The molecular weight excluding hydrogens is 313 g/mol. The zero-order chi connectivity index (χ0) is 16.3. The van der Waals surface area contributed by atoms with Crippen molar-refractivity contribution >= 4 is 10.0 Å². The molecule has 1 saturated heterocycles. The first-order chi connectivity index (χ1) is 10.4. The van der Waals surface area contributed by atoms with Gasteiger partial charge in [-0.2, -0.15) is 0 Å². The molecule has 124 valence electrons. The van der Waals surface area contributed by atoms with Crippen molar-refractivity contribution in [3.63, 3.8) is 0 Å². The average Bonchev–Trinajstić information content (AvgIpc) is 3.00. The standard InChI is InChI=1S/C14H20FNO5S/c1-9(11-5-4-6-21-11)16-22(17,18)14-8-13(20-3)12(19-2)7-10(14)15/h7-9,11,16H,4-6H2,1-3H3. The first-order valence-corrected chi connectivity index (χ1v) is 8.43. The number of benzene rings is 1. The molecule has 0 radical (unpaired) electrons. The summed E-state index contributed by atoms with van der Waals surface area (Å²) >= 11 is 0. The summed E-state index contributed by atoms with van der Waals surface area (Å²) < 4.78 is 56.7. The summed E-state index contributed by atoms with van der Waals surface area (Å²) in [6, 6.07) is 1.66. The fourth-order valence-electron chi connectivity index (χ4n) is 2.42. The molecule has 6 nitrogen and oxygen atoms in total. The van der Waals surface area contributed by atoms with E-state index in [1.807, 2.05) is 0 Å². The van der Waals surface area contributed by atoms with Gasteiger partial charge in [-0.1, -0.05) is 0 Å². The minimum Gasteiger partial charge on any atom is -0.493 e. The van der Waals surface area contributed by atoms with Gasteiger partial charge < -0.3 is 14.2 Å². The first kappa shape index (κ1) is 17.0. The molecule has 1 N–H and O–H groups in total. The van der Waals surface area contributed by atoms with Crippen LogP contribution in [0.25, 0.3) is 0 Å². The quantitative estimate of drug-likeness (QED) is 0.857. The Balaban J connectivity index is 2.28. The maximum Gasteiger partial charge on any atom is 0.243 e. The van der Waals surface area contributed by atoms with E-state index < -0.39 is 26.8 Å². The van der Waals surface area contributed by atoms with Crippen molar-refractivity contribution in [1.29, 1.82) is 0 Å². The highest BCUT2D eigenvalue weighted by atomic mass is 32.2. The van der Waals surface area contributed by atoms with Gasteiger partial charge in [0.2, 0.25) is 10.0 Å². The number of methoxy groups -OCH3 is 2. The Labute approximate surface area is 129 Å². The van der Waals surface area contributed by atoms with Gasteiger partial charge in [0.05, 0.1) is 20.3 Å². The van der Waals surface area contributed by atoms with Crippen LogP contribution in [0, 0.1) is 5.82 Å². The van der Waals surface area contributed by atoms with Gasteiger partial charge in [0.15, 0.2) is 11.5 Å². The van der Waals surface area contributed by atoms with Gasteiger partial charge in [-0.3, -0.25) is 0 Å². The van der Waals surface area contributed by atoms with Crippen LogP contribution in [-0.2, 0) is 14.8 Å². The van der Waals surface area contributed by atoms with E-state index in [1.165, 1.54) is 14.2 Å². The van der Waals surface area contributed by atoms with E-state index in [2.05, 4.69) is 4.72 Å². The molecule has 0 saturated carbocycles. The number of rotatable bonds is 6. The van der Waals surface area contributed by atoms with Crippen LogP contribution in [0.4, 0.5) is 4.39 Å². The van der Waals surface area contributed by atoms with Gasteiger partial charge >= 0.3 is 0 Å². The van der Waals surface area contributed by atoms with Crippen molar-refractivity contribution in [2.45, 2.75) is 36.8 Å². The lowest BCUT2D eigenvalue weighted by atomic mass is 10.1. The van der Waals surface area contributed by atoms with Crippen LogP contribution in [0.5, 0.6) is 11.5 Å². The Kier molecular flexibility index (Phi) is 5.25. The van der Waals surface area contributed by atoms with Crippen molar-refractivity contribution in [2.24, 2.45) is 0 Å². The molecule has 2 atom stereocenters.